The molecule has 1 aromatic carbocycles. The zero-order chi connectivity index (χ0) is 15.1. The highest BCUT2D eigenvalue weighted by Gasteiger charge is 2.10. The summed E-state index contributed by atoms with van der Waals surface area (Å²) >= 11 is 10.2. The Morgan fingerprint density at radius 2 is 2.10 bits per heavy atom. The summed E-state index contributed by atoms with van der Waals surface area (Å²) in [5.74, 6) is -0.136. The number of rotatable bonds is 7. The second-order valence-electron chi connectivity index (χ2n) is 5.20. The van der Waals surface area contributed by atoms with E-state index >= 15 is 0 Å². The van der Waals surface area contributed by atoms with E-state index in [-0.39, 0.29) is 5.91 Å². The molecule has 0 unspecified atom stereocenters. The second-order valence-corrected chi connectivity index (χ2v) is 6.13. The summed E-state index contributed by atoms with van der Waals surface area (Å²) in [6, 6.07) is 5.70. The first-order valence-corrected chi connectivity index (χ1v) is 7.71. The van der Waals surface area contributed by atoms with Gasteiger partial charge in [0.2, 0.25) is 0 Å². The van der Waals surface area contributed by atoms with Crippen molar-refractivity contribution in [3.05, 3.63) is 28.8 Å². The van der Waals surface area contributed by atoms with Crippen molar-refractivity contribution in [3.8, 4) is 0 Å². The summed E-state index contributed by atoms with van der Waals surface area (Å²) < 4.78 is 0. The lowest BCUT2D eigenvalue weighted by molar-refractivity contribution is 0.0952. The Balaban J connectivity index is 2.32. The first-order chi connectivity index (χ1) is 9.41. The number of amides is 1. The molecule has 0 aliphatic rings. The highest BCUT2D eigenvalue weighted by atomic mass is 35.5. The lowest BCUT2D eigenvalue weighted by Gasteiger charge is -2.20. The number of thiol groups is 1. The van der Waals surface area contributed by atoms with E-state index in [0.29, 0.717) is 23.2 Å². The lowest BCUT2D eigenvalue weighted by Crippen LogP contribution is -2.29. The van der Waals surface area contributed by atoms with Crippen LogP contribution in [0.3, 0.4) is 0 Å². The van der Waals surface area contributed by atoms with Crippen molar-refractivity contribution in [1.29, 1.82) is 0 Å². The van der Waals surface area contributed by atoms with E-state index in [0.717, 1.165) is 24.3 Å². The zero-order valence-electron chi connectivity index (χ0n) is 12.3. The summed E-state index contributed by atoms with van der Waals surface area (Å²) in [5.41, 5.74) is 0.485. The first kappa shape index (κ1) is 17.3. The third-order valence-corrected chi connectivity index (χ3v) is 3.91. The molecule has 0 radical (unpaired) electrons. The molecule has 0 fully saturated rings. The van der Waals surface area contributed by atoms with E-state index in [1.54, 1.807) is 18.2 Å². The lowest BCUT2D eigenvalue weighted by atomic mass is 10.2. The summed E-state index contributed by atoms with van der Waals surface area (Å²) in [6.45, 7) is 6.06. The normalized spacial score (nSPS) is 11.2. The fourth-order valence-electron chi connectivity index (χ4n) is 1.73. The summed E-state index contributed by atoms with van der Waals surface area (Å²) in [6.07, 6.45) is 2.02. The van der Waals surface area contributed by atoms with Crippen molar-refractivity contribution in [2.24, 2.45) is 0 Å². The van der Waals surface area contributed by atoms with Gasteiger partial charge in [-0.2, -0.15) is 0 Å². The number of halogens is 1. The fourth-order valence-corrected chi connectivity index (χ4v) is 2.14. The van der Waals surface area contributed by atoms with Gasteiger partial charge in [0, 0.05) is 17.5 Å². The van der Waals surface area contributed by atoms with Gasteiger partial charge in [-0.15, -0.1) is 12.6 Å². The molecule has 0 heterocycles. The van der Waals surface area contributed by atoms with Crippen molar-refractivity contribution in [1.82, 2.24) is 10.2 Å². The van der Waals surface area contributed by atoms with Gasteiger partial charge in [-0.05, 0) is 58.5 Å². The third-order valence-electron chi connectivity index (χ3n) is 3.30. The Hall–Kier alpha value is -0.710. The smallest absolute Gasteiger partial charge is 0.252 e. The Kier molecular flexibility index (Phi) is 7.41. The number of nitrogens with zero attached hydrogens (tertiary/aromatic N) is 1. The molecule has 5 heteroatoms. The Morgan fingerprint density at radius 1 is 1.40 bits per heavy atom. The minimum atomic E-state index is -0.136. The van der Waals surface area contributed by atoms with Gasteiger partial charge >= 0.3 is 0 Å². The molecule has 0 aromatic heterocycles. The van der Waals surface area contributed by atoms with E-state index in [2.05, 4.69) is 43.7 Å². The first-order valence-electron chi connectivity index (χ1n) is 6.88. The highest BCUT2D eigenvalue weighted by Crippen LogP contribution is 2.19. The minimum absolute atomic E-state index is 0.136. The average molecular weight is 315 g/mol. The Labute approximate surface area is 132 Å². The molecule has 112 valence electrons. The van der Waals surface area contributed by atoms with Crippen LogP contribution >= 0.6 is 24.2 Å². The van der Waals surface area contributed by atoms with Gasteiger partial charge in [0.1, 0.15) is 0 Å². The molecular weight excluding hydrogens is 292 g/mol. The van der Waals surface area contributed by atoms with Crippen molar-refractivity contribution >= 4 is 30.1 Å². The molecule has 1 rings (SSSR count). The number of carbonyl (C=O) groups is 1. The van der Waals surface area contributed by atoms with Crippen molar-refractivity contribution in [3.63, 3.8) is 0 Å². The molecule has 0 bridgehead atoms. The SMILES string of the molecule is CC(C)N(C)CCCCNC(=O)c1cc(S)ccc1Cl. The van der Waals surface area contributed by atoms with E-state index in [4.69, 9.17) is 11.6 Å². The van der Waals surface area contributed by atoms with Crippen LogP contribution in [-0.4, -0.2) is 37.0 Å². The molecule has 3 nitrogen and oxygen atoms in total. The quantitative estimate of drug-likeness (QED) is 0.596. The number of unbranched alkanes of at least 4 members (excludes halogenated alkanes) is 1. The van der Waals surface area contributed by atoms with Crippen LogP contribution in [0.2, 0.25) is 5.02 Å². The molecule has 0 saturated carbocycles. The van der Waals surface area contributed by atoms with Gasteiger partial charge in [0.25, 0.3) is 5.91 Å². The molecule has 0 atom stereocenters. The summed E-state index contributed by atoms with van der Waals surface area (Å²) in [5, 5.41) is 3.35. The largest absolute Gasteiger partial charge is 0.352 e. The third kappa shape index (κ3) is 5.73. The number of carbonyl (C=O) groups excluding carboxylic acids is 1. The van der Waals surface area contributed by atoms with Gasteiger partial charge in [-0.3, -0.25) is 4.79 Å². The predicted molar refractivity (Wildman–Crippen MR) is 88.0 cm³/mol. The minimum Gasteiger partial charge on any atom is -0.352 e. The standard InChI is InChI=1S/C15H23ClN2OS/c1-11(2)18(3)9-5-4-8-17-15(19)13-10-12(20)6-7-14(13)16/h6-7,10-11,20H,4-5,8-9H2,1-3H3,(H,17,19). The topological polar surface area (TPSA) is 32.3 Å². The van der Waals surface area contributed by atoms with Crippen LogP contribution in [0.5, 0.6) is 0 Å². The number of hydrogen-bond acceptors (Lipinski definition) is 3. The van der Waals surface area contributed by atoms with Gasteiger partial charge in [-0.1, -0.05) is 11.6 Å². The summed E-state index contributed by atoms with van der Waals surface area (Å²) in [7, 11) is 2.11. The second kappa shape index (κ2) is 8.55. The van der Waals surface area contributed by atoms with E-state index < -0.39 is 0 Å². The fraction of sp³-hybridized carbons (Fsp3) is 0.533. The van der Waals surface area contributed by atoms with Crippen molar-refractivity contribution in [2.75, 3.05) is 20.1 Å². The molecule has 1 amide bonds. The molecule has 0 aliphatic carbocycles. The van der Waals surface area contributed by atoms with Crippen LogP contribution in [0, 0.1) is 0 Å². The molecule has 1 N–H and O–H groups in total. The monoisotopic (exact) mass is 314 g/mol. The average Bonchev–Trinajstić information content (AvgIpc) is 2.40. The van der Waals surface area contributed by atoms with Crippen LogP contribution < -0.4 is 5.32 Å². The van der Waals surface area contributed by atoms with E-state index in [1.165, 1.54) is 0 Å². The maximum atomic E-state index is 12.0. The molecule has 1 aromatic rings. The molecule has 0 aliphatic heterocycles. The molecule has 20 heavy (non-hydrogen) atoms. The van der Waals surface area contributed by atoms with E-state index in [9.17, 15) is 4.79 Å². The summed E-state index contributed by atoms with van der Waals surface area (Å²) in [4.78, 5) is 15.0. The Morgan fingerprint density at radius 3 is 2.75 bits per heavy atom. The zero-order valence-corrected chi connectivity index (χ0v) is 14.0. The van der Waals surface area contributed by atoms with Crippen LogP contribution in [0.25, 0.3) is 0 Å². The van der Waals surface area contributed by atoms with Crippen molar-refractivity contribution in [2.45, 2.75) is 37.6 Å². The van der Waals surface area contributed by atoms with Crippen LogP contribution in [0.15, 0.2) is 23.1 Å². The van der Waals surface area contributed by atoms with Gasteiger partial charge in [0.15, 0.2) is 0 Å². The van der Waals surface area contributed by atoms with Gasteiger partial charge in [-0.25, -0.2) is 0 Å². The van der Waals surface area contributed by atoms with Crippen molar-refractivity contribution < 1.29 is 4.79 Å². The van der Waals surface area contributed by atoms with Gasteiger partial charge < -0.3 is 10.2 Å². The molecular formula is C15H23ClN2OS. The van der Waals surface area contributed by atoms with Crippen LogP contribution in [0.4, 0.5) is 0 Å². The number of nitrogens with one attached hydrogen (secondary N) is 1. The van der Waals surface area contributed by atoms with Crippen LogP contribution in [0.1, 0.15) is 37.0 Å². The van der Waals surface area contributed by atoms with E-state index in [1.807, 2.05) is 0 Å². The molecule has 0 spiro atoms. The maximum absolute atomic E-state index is 12.0. The molecule has 0 saturated heterocycles. The Bertz CT molecular complexity index is 451. The number of hydrogen-bond donors (Lipinski definition) is 2. The number of benzene rings is 1. The maximum Gasteiger partial charge on any atom is 0.252 e. The predicted octanol–water partition coefficient (Wildman–Crippen LogP) is 3.48. The van der Waals surface area contributed by atoms with Crippen LogP contribution in [-0.2, 0) is 0 Å². The van der Waals surface area contributed by atoms with Gasteiger partial charge in [0.05, 0.1) is 10.6 Å². The highest BCUT2D eigenvalue weighted by molar-refractivity contribution is 7.80.